The number of amidine groups is 1. The van der Waals surface area contributed by atoms with Crippen LogP contribution < -0.4 is 0 Å². The lowest BCUT2D eigenvalue weighted by atomic mass is 9.99. The SMILES string of the molecule is CC(=N/C(=C(\C)CC(C)C)c1ccc(Cl)c(Cl)c1)N(CCC=O)CCc1cccc(Cl)c1. The molecule has 32 heavy (non-hydrogen) atoms. The molecule has 2 rings (SSSR count). The molecule has 0 radical (unpaired) electrons. The standard InChI is InChI=1S/C26H31Cl3N2O/c1-18(2)15-19(3)26(22-9-10-24(28)25(29)17-22)30-20(4)31(12-6-14-32)13-11-21-7-5-8-23(27)16-21/h5,7-10,14,16-18H,6,11-13,15H2,1-4H3/b26-19+,30-20?. The second-order valence-corrected chi connectivity index (χ2v) is 9.59. The minimum Gasteiger partial charge on any atom is -0.360 e. The number of halogens is 3. The number of hydrogen-bond acceptors (Lipinski definition) is 2. The third-order valence-corrected chi connectivity index (χ3v) is 6.09. The van der Waals surface area contributed by atoms with E-state index in [1.165, 1.54) is 5.57 Å². The predicted molar refractivity (Wildman–Crippen MR) is 139 cm³/mol. The number of carbonyl (C=O) groups excluding carboxylic acids is 1. The molecule has 6 heteroatoms. The number of rotatable bonds is 10. The van der Waals surface area contributed by atoms with Gasteiger partial charge in [0.05, 0.1) is 15.7 Å². The highest BCUT2D eigenvalue weighted by molar-refractivity contribution is 6.42. The van der Waals surface area contributed by atoms with Gasteiger partial charge in [0, 0.05) is 30.1 Å². The highest BCUT2D eigenvalue weighted by Crippen LogP contribution is 2.30. The normalized spacial score (nSPS) is 12.7. The van der Waals surface area contributed by atoms with Crippen molar-refractivity contribution in [3.63, 3.8) is 0 Å². The molecular weight excluding hydrogens is 463 g/mol. The first-order chi connectivity index (χ1) is 15.2. The van der Waals surface area contributed by atoms with Crippen LogP contribution in [0.25, 0.3) is 5.70 Å². The summed E-state index contributed by atoms with van der Waals surface area (Å²) in [5, 5.41) is 1.75. The van der Waals surface area contributed by atoms with Gasteiger partial charge in [-0.1, -0.05) is 66.8 Å². The van der Waals surface area contributed by atoms with Crippen LogP contribution >= 0.6 is 34.8 Å². The summed E-state index contributed by atoms with van der Waals surface area (Å²) in [4.78, 5) is 18.3. The van der Waals surface area contributed by atoms with Crippen LogP contribution in [0, 0.1) is 5.92 Å². The Balaban J connectivity index is 2.38. The highest BCUT2D eigenvalue weighted by atomic mass is 35.5. The van der Waals surface area contributed by atoms with Crippen LogP contribution in [0.3, 0.4) is 0 Å². The Hall–Kier alpha value is -1.81. The summed E-state index contributed by atoms with van der Waals surface area (Å²) < 4.78 is 0. The zero-order valence-electron chi connectivity index (χ0n) is 19.2. The van der Waals surface area contributed by atoms with E-state index in [0.29, 0.717) is 28.9 Å². The van der Waals surface area contributed by atoms with Gasteiger partial charge in [0.25, 0.3) is 0 Å². The molecule has 0 saturated carbocycles. The van der Waals surface area contributed by atoms with E-state index in [4.69, 9.17) is 39.8 Å². The van der Waals surface area contributed by atoms with Crippen molar-refractivity contribution in [1.82, 2.24) is 4.90 Å². The van der Waals surface area contributed by atoms with E-state index in [2.05, 4.69) is 31.7 Å². The van der Waals surface area contributed by atoms with Gasteiger partial charge in [0.2, 0.25) is 0 Å². The molecule has 2 aromatic rings. The Morgan fingerprint density at radius 2 is 1.78 bits per heavy atom. The van der Waals surface area contributed by atoms with Crippen molar-refractivity contribution in [3.05, 3.63) is 74.2 Å². The average molecular weight is 494 g/mol. The molecule has 0 atom stereocenters. The maximum Gasteiger partial charge on any atom is 0.121 e. The highest BCUT2D eigenvalue weighted by Gasteiger charge is 2.13. The van der Waals surface area contributed by atoms with Gasteiger partial charge in [0.15, 0.2) is 0 Å². The van der Waals surface area contributed by atoms with Crippen LogP contribution in [-0.2, 0) is 11.2 Å². The van der Waals surface area contributed by atoms with Crippen LogP contribution in [0.5, 0.6) is 0 Å². The topological polar surface area (TPSA) is 32.7 Å². The van der Waals surface area contributed by atoms with Gasteiger partial charge in [-0.25, -0.2) is 4.99 Å². The Morgan fingerprint density at radius 1 is 1.03 bits per heavy atom. The molecule has 0 amide bonds. The molecular formula is C26H31Cl3N2O. The molecule has 0 aliphatic carbocycles. The van der Waals surface area contributed by atoms with Crippen molar-refractivity contribution in [3.8, 4) is 0 Å². The fraction of sp³-hybridized carbons (Fsp3) is 0.385. The van der Waals surface area contributed by atoms with Gasteiger partial charge >= 0.3 is 0 Å². The smallest absolute Gasteiger partial charge is 0.121 e. The van der Waals surface area contributed by atoms with E-state index in [1.807, 2.05) is 37.3 Å². The minimum absolute atomic E-state index is 0.444. The van der Waals surface area contributed by atoms with Crippen molar-refractivity contribution >= 4 is 52.6 Å². The Bertz CT molecular complexity index is 983. The lowest BCUT2D eigenvalue weighted by molar-refractivity contribution is -0.108. The lowest BCUT2D eigenvalue weighted by Gasteiger charge is -2.24. The summed E-state index contributed by atoms with van der Waals surface area (Å²) in [5.41, 5.74) is 4.16. The number of allylic oxidation sites excluding steroid dienone is 1. The van der Waals surface area contributed by atoms with E-state index < -0.39 is 0 Å². The molecule has 0 bridgehead atoms. The number of carbonyl (C=O) groups is 1. The van der Waals surface area contributed by atoms with E-state index in [1.54, 1.807) is 6.07 Å². The van der Waals surface area contributed by atoms with Gasteiger partial charge < -0.3 is 9.69 Å². The summed E-state index contributed by atoms with van der Waals surface area (Å²) in [7, 11) is 0. The summed E-state index contributed by atoms with van der Waals surface area (Å²) in [6, 6.07) is 13.5. The number of benzene rings is 2. The molecule has 0 unspecified atom stereocenters. The van der Waals surface area contributed by atoms with Crippen LogP contribution in [0.1, 0.15) is 51.7 Å². The van der Waals surface area contributed by atoms with Crippen LogP contribution in [0.15, 0.2) is 53.0 Å². The predicted octanol–water partition coefficient (Wildman–Crippen LogP) is 7.98. The second-order valence-electron chi connectivity index (χ2n) is 8.34. The first kappa shape index (κ1) is 26.4. The molecule has 0 N–H and O–H groups in total. The molecule has 0 aliphatic rings. The van der Waals surface area contributed by atoms with Gasteiger partial charge in [-0.3, -0.25) is 0 Å². The Labute approximate surface area is 207 Å². The summed E-state index contributed by atoms with van der Waals surface area (Å²) >= 11 is 18.6. The van der Waals surface area contributed by atoms with Crippen LogP contribution in [0.4, 0.5) is 0 Å². The zero-order chi connectivity index (χ0) is 23.7. The molecule has 3 nitrogen and oxygen atoms in total. The minimum atomic E-state index is 0.444. The second kappa shape index (κ2) is 13.0. The summed E-state index contributed by atoms with van der Waals surface area (Å²) in [6.07, 6.45) is 3.12. The van der Waals surface area contributed by atoms with Crippen molar-refractivity contribution in [2.75, 3.05) is 13.1 Å². The van der Waals surface area contributed by atoms with Gasteiger partial charge in [-0.05, 0) is 68.0 Å². The molecule has 0 saturated heterocycles. The van der Waals surface area contributed by atoms with Crippen LogP contribution in [-0.4, -0.2) is 30.1 Å². The molecule has 0 aromatic heterocycles. The van der Waals surface area contributed by atoms with E-state index in [9.17, 15) is 4.79 Å². The number of aldehydes is 1. The Kier molecular flexibility index (Phi) is 10.8. The molecule has 0 aliphatic heterocycles. The molecule has 2 aromatic carbocycles. The quantitative estimate of drug-likeness (QED) is 0.191. The fourth-order valence-electron chi connectivity index (χ4n) is 3.59. The third-order valence-electron chi connectivity index (χ3n) is 5.12. The van der Waals surface area contributed by atoms with E-state index in [0.717, 1.165) is 53.4 Å². The van der Waals surface area contributed by atoms with Crippen molar-refractivity contribution in [2.45, 2.75) is 47.0 Å². The maximum absolute atomic E-state index is 11.1. The molecule has 0 spiro atoms. The average Bonchev–Trinajstić information content (AvgIpc) is 2.73. The summed E-state index contributed by atoms with van der Waals surface area (Å²) in [6.45, 7) is 9.82. The van der Waals surface area contributed by atoms with Crippen molar-refractivity contribution in [1.29, 1.82) is 0 Å². The molecule has 0 heterocycles. The first-order valence-corrected chi connectivity index (χ1v) is 12.0. The number of nitrogens with zero attached hydrogens (tertiary/aromatic N) is 2. The maximum atomic E-state index is 11.1. The van der Waals surface area contributed by atoms with E-state index >= 15 is 0 Å². The van der Waals surface area contributed by atoms with Gasteiger partial charge in [-0.2, -0.15) is 0 Å². The third kappa shape index (κ3) is 8.27. The van der Waals surface area contributed by atoms with Crippen molar-refractivity contribution < 1.29 is 4.79 Å². The number of aliphatic imine (C=N–C) groups is 1. The molecule has 0 fully saturated rings. The van der Waals surface area contributed by atoms with E-state index in [-0.39, 0.29) is 0 Å². The first-order valence-electron chi connectivity index (χ1n) is 10.8. The van der Waals surface area contributed by atoms with Crippen molar-refractivity contribution in [2.24, 2.45) is 10.9 Å². The van der Waals surface area contributed by atoms with Gasteiger partial charge in [-0.15, -0.1) is 0 Å². The Morgan fingerprint density at radius 3 is 2.41 bits per heavy atom. The van der Waals surface area contributed by atoms with Gasteiger partial charge in [0.1, 0.15) is 12.1 Å². The summed E-state index contributed by atoms with van der Waals surface area (Å²) in [5.74, 6) is 1.36. The monoisotopic (exact) mass is 492 g/mol. The largest absolute Gasteiger partial charge is 0.360 e. The number of hydrogen-bond donors (Lipinski definition) is 0. The lowest BCUT2D eigenvalue weighted by Crippen LogP contribution is -2.32. The zero-order valence-corrected chi connectivity index (χ0v) is 21.4. The fourth-order valence-corrected chi connectivity index (χ4v) is 4.10. The van der Waals surface area contributed by atoms with Crippen LogP contribution in [0.2, 0.25) is 15.1 Å². The molecule has 172 valence electrons.